The predicted molar refractivity (Wildman–Crippen MR) is 100 cm³/mol. The number of H-pyrrole nitrogens is 1. The fraction of sp³-hybridized carbons (Fsp3) is 0.300. The summed E-state index contributed by atoms with van der Waals surface area (Å²) in [6.07, 6.45) is 7.73. The molecule has 134 valence electrons. The number of carbonyl (C=O) groups is 1. The normalized spacial score (nSPS) is 12.6. The fourth-order valence-corrected chi connectivity index (χ4v) is 2.79. The SMILES string of the molecule is CC(C)(C)CC(NC(=O)c1cc(-c2ccncc2)n[nH]1)c1cccnc1. The maximum atomic E-state index is 12.7. The van der Waals surface area contributed by atoms with E-state index in [2.05, 4.69) is 46.3 Å². The second kappa shape index (κ2) is 7.47. The zero-order valence-electron chi connectivity index (χ0n) is 15.2. The first kappa shape index (κ1) is 17.8. The summed E-state index contributed by atoms with van der Waals surface area (Å²) in [4.78, 5) is 20.9. The van der Waals surface area contributed by atoms with Gasteiger partial charge < -0.3 is 5.32 Å². The van der Waals surface area contributed by atoms with E-state index in [4.69, 9.17) is 0 Å². The number of aromatic amines is 1. The predicted octanol–water partition coefficient (Wildman–Crippen LogP) is 3.77. The minimum absolute atomic E-state index is 0.0595. The number of nitrogens with one attached hydrogen (secondary N) is 2. The maximum absolute atomic E-state index is 12.7. The van der Waals surface area contributed by atoms with Crippen molar-refractivity contribution in [3.63, 3.8) is 0 Å². The summed E-state index contributed by atoms with van der Waals surface area (Å²) in [6.45, 7) is 6.46. The molecule has 26 heavy (non-hydrogen) atoms. The van der Waals surface area contributed by atoms with Crippen molar-refractivity contribution >= 4 is 5.91 Å². The van der Waals surface area contributed by atoms with Crippen LogP contribution in [0.5, 0.6) is 0 Å². The van der Waals surface area contributed by atoms with Crippen molar-refractivity contribution < 1.29 is 4.79 Å². The van der Waals surface area contributed by atoms with Crippen LogP contribution in [-0.4, -0.2) is 26.1 Å². The molecule has 3 aromatic heterocycles. The molecule has 1 amide bonds. The minimum atomic E-state index is -0.184. The molecule has 0 bridgehead atoms. The second-order valence-corrected chi connectivity index (χ2v) is 7.48. The van der Waals surface area contributed by atoms with Gasteiger partial charge in [-0.1, -0.05) is 26.8 Å². The first-order chi connectivity index (χ1) is 12.4. The van der Waals surface area contributed by atoms with Gasteiger partial charge in [-0.15, -0.1) is 0 Å². The smallest absolute Gasteiger partial charge is 0.269 e. The highest BCUT2D eigenvalue weighted by molar-refractivity contribution is 5.93. The Balaban J connectivity index is 1.79. The Hall–Kier alpha value is -3.02. The van der Waals surface area contributed by atoms with Gasteiger partial charge in [0, 0.05) is 30.4 Å². The largest absolute Gasteiger partial charge is 0.344 e. The van der Waals surface area contributed by atoms with Crippen LogP contribution in [0.4, 0.5) is 0 Å². The van der Waals surface area contributed by atoms with E-state index < -0.39 is 0 Å². The van der Waals surface area contributed by atoms with E-state index in [0.717, 1.165) is 17.5 Å². The summed E-state index contributed by atoms with van der Waals surface area (Å²) in [6, 6.07) is 9.21. The molecule has 0 spiro atoms. The second-order valence-electron chi connectivity index (χ2n) is 7.48. The molecule has 0 saturated heterocycles. The molecule has 2 N–H and O–H groups in total. The van der Waals surface area contributed by atoms with Gasteiger partial charge in [-0.05, 0) is 41.7 Å². The molecule has 6 nitrogen and oxygen atoms in total. The van der Waals surface area contributed by atoms with Crippen LogP contribution >= 0.6 is 0 Å². The van der Waals surface area contributed by atoms with Gasteiger partial charge in [-0.2, -0.15) is 5.10 Å². The van der Waals surface area contributed by atoms with Crippen LogP contribution in [0.3, 0.4) is 0 Å². The monoisotopic (exact) mass is 349 g/mol. The lowest BCUT2D eigenvalue weighted by atomic mass is 9.86. The first-order valence-electron chi connectivity index (χ1n) is 8.59. The Morgan fingerprint density at radius 2 is 1.92 bits per heavy atom. The number of pyridine rings is 2. The van der Waals surface area contributed by atoms with Gasteiger partial charge >= 0.3 is 0 Å². The highest BCUT2D eigenvalue weighted by atomic mass is 16.2. The molecule has 0 fully saturated rings. The van der Waals surface area contributed by atoms with Crippen molar-refractivity contribution in [1.29, 1.82) is 0 Å². The Morgan fingerprint density at radius 3 is 2.58 bits per heavy atom. The quantitative estimate of drug-likeness (QED) is 0.734. The van der Waals surface area contributed by atoms with Crippen LogP contribution in [0.15, 0.2) is 55.1 Å². The van der Waals surface area contributed by atoms with Crippen molar-refractivity contribution in [2.75, 3.05) is 0 Å². The molecule has 3 rings (SSSR count). The standard InChI is InChI=1S/C20H23N5O/c1-20(2,3)12-18(15-5-4-8-22-13-15)23-19(26)17-11-16(24-25-17)14-6-9-21-10-7-14/h4-11,13,18H,12H2,1-3H3,(H,23,26)(H,24,25). The number of hydrogen-bond donors (Lipinski definition) is 2. The number of amides is 1. The zero-order chi connectivity index (χ0) is 18.6. The van der Waals surface area contributed by atoms with Gasteiger partial charge in [0.1, 0.15) is 5.69 Å². The highest BCUT2D eigenvalue weighted by Crippen LogP contribution is 2.29. The van der Waals surface area contributed by atoms with Crippen LogP contribution < -0.4 is 5.32 Å². The lowest BCUT2D eigenvalue weighted by Gasteiger charge is -2.26. The van der Waals surface area contributed by atoms with Gasteiger partial charge in [-0.3, -0.25) is 19.9 Å². The maximum Gasteiger partial charge on any atom is 0.269 e. The summed E-state index contributed by atoms with van der Waals surface area (Å²) in [5.74, 6) is -0.184. The number of hydrogen-bond acceptors (Lipinski definition) is 4. The highest BCUT2D eigenvalue weighted by Gasteiger charge is 2.23. The topological polar surface area (TPSA) is 83.6 Å². The van der Waals surface area contributed by atoms with Gasteiger partial charge in [-0.25, -0.2) is 0 Å². The average molecular weight is 349 g/mol. The third-order valence-corrected chi connectivity index (χ3v) is 4.01. The van der Waals surface area contributed by atoms with Crippen molar-refractivity contribution in [2.24, 2.45) is 5.41 Å². The van der Waals surface area contributed by atoms with E-state index in [0.29, 0.717) is 11.4 Å². The molecule has 1 atom stereocenters. The Morgan fingerprint density at radius 1 is 1.15 bits per heavy atom. The molecule has 1 unspecified atom stereocenters. The third kappa shape index (κ3) is 4.53. The lowest BCUT2D eigenvalue weighted by Crippen LogP contribution is -2.31. The Kier molecular flexibility index (Phi) is 5.11. The van der Waals surface area contributed by atoms with E-state index in [1.165, 1.54) is 0 Å². The molecule has 0 aromatic carbocycles. The summed E-state index contributed by atoms with van der Waals surface area (Å²) in [5, 5.41) is 10.2. The summed E-state index contributed by atoms with van der Waals surface area (Å²) in [7, 11) is 0. The van der Waals surface area contributed by atoms with Crippen molar-refractivity contribution in [3.8, 4) is 11.3 Å². The Labute approximate surface area is 153 Å². The van der Waals surface area contributed by atoms with Crippen LogP contribution in [0.25, 0.3) is 11.3 Å². The Bertz CT molecular complexity index is 853. The molecular formula is C20H23N5O. The third-order valence-electron chi connectivity index (χ3n) is 4.01. The average Bonchev–Trinajstić information content (AvgIpc) is 3.12. The first-order valence-corrected chi connectivity index (χ1v) is 8.59. The van der Waals surface area contributed by atoms with Crippen LogP contribution in [0.1, 0.15) is 49.3 Å². The van der Waals surface area contributed by atoms with Gasteiger partial charge in [0.05, 0.1) is 11.7 Å². The molecule has 0 aliphatic carbocycles. The summed E-state index contributed by atoms with van der Waals surface area (Å²) < 4.78 is 0. The minimum Gasteiger partial charge on any atom is -0.344 e. The van der Waals surface area contributed by atoms with E-state index in [1.54, 1.807) is 30.9 Å². The van der Waals surface area contributed by atoms with E-state index in [-0.39, 0.29) is 17.4 Å². The number of carbonyl (C=O) groups excluding carboxylic acids is 1. The van der Waals surface area contributed by atoms with E-state index in [1.807, 2.05) is 24.3 Å². The lowest BCUT2D eigenvalue weighted by molar-refractivity contribution is 0.0921. The van der Waals surface area contributed by atoms with Crippen LogP contribution in [-0.2, 0) is 0 Å². The fourth-order valence-electron chi connectivity index (χ4n) is 2.79. The molecule has 0 saturated carbocycles. The van der Waals surface area contributed by atoms with Crippen LogP contribution in [0, 0.1) is 5.41 Å². The van der Waals surface area contributed by atoms with Gasteiger partial charge in [0.25, 0.3) is 5.91 Å². The summed E-state index contributed by atoms with van der Waals surface area (Å²) >= 11 is 0. The van der Waals surface area contributed by atoms with Crippen molar-refractivity contribution in [1.82, 2.24) is 25.5 Å². The molecule has 0 aliphatic heterocycles. The molecule has 0 radical (unpaired) electrons. The van der Waals surface area contributed by atoms with Crippen LogP contribution in [0.2, 0.25) is 0 Å². The van der Waals surface area contributed by atoms with Gasteiger partial charge in [0.15, 0.2) is 0 Å². The van der Waals surface area contributed by atoms with E-state index in [9.17, 15) is 4.79 Å². The molecule has 6 heteroatoms. The number of rotatable bonds is 5. The van der Waals surface area contributed by atoms with Crippen molar-refractivity contribution in [3.05, 3.63) is 66.4 Å². The molecular weight excluding hydrogens is 326 g/mol. The zero-order valence-corrected chi connectivity index (χ0v) is 15.2. The molecule has 0 aliphatic rings. The van der Waals surface area contributed by atoms with E-state index >= 15 is 0 Å². The molecule has 3 heterocycles. The van der Waals surface area contributed by atoms with Gasteiger partial charge in [0.2, 0.25) is 0 Å². The number of aromatic nitrogens is 4. The van der Waals surface area contributed by atoms with Crippen molar-refractivity contribution in [2.45, 2.75) is 33.2 Å². The summed E-state index contributed by atoms with van der Waals surface area (Å²) in [5.41, 5.74) is 3.11. The number of nitrogens with zero attached hydrogens (tertiary/aromatic N) is 3. The molecule has 3 aromatic rings.